The molecule has 0 saturated carbocycles. The summed E-state index contributed by atoms with van der Waals surface area (Å²) in [6.45, 7) is 11.8. The number of methoxy groups -OCH3 is 1. The fourth-order valence-corrected chi connectivity index (χ4v) is 2.98. The van der Waals surface area contributed by atoms with Crippen molar-refractivity contribution in [3.05, 3.63) is 0 Å². The number of ether oxygens (including phenoxy) is 1. The van der Waals surface area contributed by atoms with E-state index in [4.69, 9.17) is 9.73 Å². The standard InChI is InChI=1S/C16H33N3O/c1-5-17-16(18-9-7-6-8-10-20-4)19-12-14(2)11-15(3)13-19/h14-15H,5-13H2,1-4H3,(H,17,18). The monoisotopic (exact) mass is 283 g/mol. The molecule has 0 radical (unpaired) electrons. The van der Waals surface area contributed by atoms with Crippen LogP contribution in [0.4, 0.5) is 0 Å². The van der Waals surface area contributed by atoms with E-state index in [-0.39, 0.29) is 0 Å². The molecule has 2 unspecified atom stereocenters. The Morgan fingerprint density at radius 3 is 2.50 bits per heavy atom. The Labute approximate surface area is 125 Å². The van der Waals surface area contributed by atoms with Gasteiger partial charge in [0, 0.05) is 39.9 Å². The second kappa shape index (κ2) is 10.0. The molecule has 0 aliphatic carbocycles. The first-order chi connectivity index (χ1) is 9.67. The lowest BCUT2D eigenvalue weighted by atomic mass is 9.92. The van der Waals surface area contributed by atoms with Crippen LogP contribution in [0.15, 0.2) is 4.99 Å². The Kier molecular flexibility index (Phi) is 8.67. The number of hydrogen-bond acceptors (Lipinski definition) is 2. The zero-order valence-corrected chi connectivity index (χ0v) is 13.8. The third-order valence-corrected chi connectivity index (χ3v) is 3.77. The molecule has 0 amide bonds. The molecule has 1 aliphatic heterocycles. The summed E-state index contributed by atoms with van der Waals surface area (Å²) in [5, 5.41) is 3.45. The van der Waals surface area contributed by atoms with Gasteiger partial charge < -0.3 is 15.0 Å². The van der Waals surface area contributed by atoms with Crippen LogP contribution in [0, 0.1) is 11.8 Å². The minimum atomic E-state index is 0.768. The predicted molar refractivity (Wildman–Crippen MR) is 86.2 cm³/mol. The number of nitrogens with one attached hydrogen (secondary N) is 1. The molecule has 1 heterocycles. The zero-order valence-electron chi connectivity index (χ0n) is 13.8. The second-order valence-corrected chi connectivity index (χ2v) is 6.14. The van der Waals surface area contributed by atoms with Gasteiger partial charge in [-0.1, -0.05) is 13.8 Å². The lowest BCUT2D eigenvalue weighted by Gasteiger charge is -2.37. The van der Waals surface area contributed by atoms with Gasteiger partial charge in [-0.2, -0.15) is 0 Å². The molecule has 118 valence electrons. The van der Waals surface area contributed by atoms with E-state index in [1.807, 2.05) is 0 Å². The molecule has 0 aromatic carbocycles. The summed E-state index contributed by atoms with van der Waals surface area (Å²) in [5.41, 5.74) is 0. The molecule has 0 bridgehead atoms. The Morgan fingerprint density at radius 1 is 1.20 bits per heavy atom. The third-order valence-electron chi connectivity index (χ3n) is 3.77. The van der Waals surface area contributed by atoms with Crippen molar-refractivity contribution >= 4 is 5.96 Å². The molecule has 0 aromatic rings. The van der Waals surface area contributed by atoms with Gasteiger partial charge in [-0.25, -0.2) is 0 Å². The quantitative estimate of drug-likeness (QED) is 0.443. The normalized spacial score (nSPS) is 24.0. The molecule has 20 heavy (non-hydrogen) atoms. The maximum atomic E-state index is 5.07. The number of guanidine groups is 1. The molecule has 2 atom stereocenters. The molecular weight excluding hydrogens is 250 g/mol. The van der Waals surface area contributed by atoms with E-state index >= 15 is 0 Å². The first-order valence-electron chi connectivity index (χ1n) is 8.19. The van der Waals surface area contributed by atoms with E-state index in [2.05, 4.69) is 31.0 Å². The summed E-state index contributed by atoms with van der Waals surface area (Å²) in [4.78, 5) is 7.24. The molecule has 1 fully saturated rings. The number of rotatable bonds is 7. The molecule has 4 heteroatoms. The van der Waals surface area contributed by atoms with E-state index < -0.39 is 0 Å². The Balaban J connectivity index is 2.41. The summed E-state index contributed by atoms with van der Waals surface area (Å²) < 4.78 is 5.07. The molecule has 1 rings (SSSR count). The molecule has 1 N–H and O–H groups in total. The molecule has 1 aliphatic rings. The Morgan fingerprint density at radius 2 is 1.90 bits per heavy atom. The van der Waals surface area contributed by atoms with Crippen LogP contribution in [0.3, 0.4) is 0 Å². The van der Waals surface area contributed by atoms with Crippen molar-refractivity contribution in [2.45, 2.75) is 46.5 Å². The van der Waals surface area contributed by atoms with Crippen molar-refractivity contribution in [1.29, 1.82) is 0 Å². The minimum Gasteiger partial charge on any atom is -0.385 e. The molecule has 4 nitrogen and oxygen atoms in total. The molecule has 0 spiro atoms. The fraction of sp³-hybridized carbons (Fsp3) is 0.938. The van der Waals surface area contributed by atoms with Crippen LogP contribution in [0.2, 0.25) is 0 Å². The van der Waals surface area contributed by atoms with E-state index in [1.54, 1.807) is 7.11 Å². The summed E-state index contributed by atoms with van der Waals surface area (Å²) in [7, 11) is 1.76. The summed E-state index contributed by atoms with van der Waals surface area (Å²) in [5.74, 6) is 2.64. The average molecular weight is 283 g/mol. The van der Waals surface area contributed by atoms with E-state index in [0.29, 0.717) is 0 Å². The maximum Gasteiger partial charge on any atom is 0.193 e. The number of aliphatic imine (C=N–C) groups is 1. The van der Waals surface area contributed by atoms with E-state index in [1.165, 1.54) is 12.8 Å². The topological polar surface area (TPSA) is 36.9 Å². The van der Waals surface area contributed by atoms with Gasteiger partial charge in [0.2, 0.25) is 0 Å². The van der Waals surface area contributed by atoms with Gasteiger partial charge in [0.05, 0.1) is 0 Å². The van der Waals surface area contributed by atoms with Crippen molar-refractivity contribution in [3.8, 4) is 0 Å². The Bertz CT molecular complexity index is 271. The van der Waals surface area contributed by atoms with E-state index in [9.17, 15) is 0 Å². The Hall–Kier alpha value is -0.770. The smallest absolute Gasteiger partial charge is 0.193 e. The second-order valence-electron chi connectivity index (χ2n) is 6.14. The SMILES string of the molecule is CCNC(=NCCCCCOC)N1CC(C)CC(C)C1. The van der Waals surface area contributed by atoms with Gasteiger partial charge in [-0.3, -0.25) is 4.99 Å². The predicted octanol–water partition coefficient (Wildman–Crippen LogP) is 2.75. The summed E-state index contributed by atoms with van der Waals surface area (Å²) in [6, 6.07) is 0. The van der Waals surface area contributed by atoms with Crippen LogP contribution < -0.4 is 5.32 Å². The number of hydrogen-bond donors (Lipinski definition) is 1. The van der Waals surface area contributed by atoms with Gasteiger partial charge in [0.15, 0.2) is 5.96 Å². The molecule has 1 saturated heterocycles. The largest absolute Gasteiger partial charge is 0.385 e. The summed E-state index contributed by atoms with van der Waals surface area (Å²) >= 11 is 0. The number of likely N-dealkylation sites (tertiary alicyclic amines) is 1. The lowest BCUT2D eigenvalue weighted by Crippen LogP contribution is -2.48. The van der Waals surface area contributed by atoms with Gasteiger partial charge in [-0.05, 0) is 44.4 Å². The van der Waals surface area contributed by atoms with Crippen molar-refractivity contribution in [1.82, 2.24) is 10.2 Å². The van der Waals surface area contributed by atoms with Crippen molar-refractivity contribution in [2.75, 3.05) is 39.9 Å². The van der Waals surface area contributed by atoms with Gasteiger partial charge >= 0.3 is 0 Å². The maximum absolute atomic E-state index is 5.07. The third kappa shape index (κ3) is 6.60. The molecular formula is C16H33N3O. The fourth-order valence-electron chi connectivity index (χ4n) is 2.98. The van der Waals surface area contributed by atoms with Crippen molar-refractivity contribution in [2.24, 2.45) is 16.8 Å². The van der Waals surface area contributed by atoms with E-state index in [0.717, 1.165) is 63.4 Å². The number of unbranched alkanes of at least 4 members (excludes halogenated alkanes) is 2. The van der Waals surface area contributed by atoms with Gasteiger partial charge in [-0.15, -0.1) is 0 Å². The average Bonchev–Trinajstić information content (AvgIpc) is 2.40. The highest BCUT2D eigenvalue weighted by atomic mass is 16.5. The van der Waals surface area contributed by atoms with Gasteiger partial charge in [0.1, 0.15) is 0 Å². The van der Waals surface area contributed by atoms with Crippen molar-refractivity contribution < 1.29 is 4.74 Å². The highest BCUT2D eigenvalue weighted by Gasteiger charge is 2.23. The number of nitrogens with zero attached hydrogens (tertiary/aromatic N) is 2. The highest BCUT2D eigenvalue weighted by molar-refractivity contribution is 5.80. The van der Waals surface area contributed by atoms with Crippen LogP contribution in [-0.2, 0) is 4.74 Å². The molecule has 0 aromatic heterocycles. The van der Waals surface area contributed by atoms with Crippen molar-refractivity contribution in [3.63, 3.8) is 0 Å². The van der Waals surface area contributed by atoms with Crippen LogP contribution in [0.5, 0.6) is 0 Å². The van der Waals surface area contributed by atoms with Crippen LogP contribution in [0.25, 0.3) is 0 Å². The van der Waals surface area contributed by atoms with Crippen LogP contribution in [-0.4, -0.2) is 50.8 Å². The van der Waals surface area contributed by atoms with Crippen LogP contribution >= 0.6 is 0 Å². The van der Waals surface area contributed by atoms with Crippen LogP contribution in [0.1, 0.15) is 46.5 Å². The summed E-state index contributed by atoms with van der Waals surface area (Å²) in [6.07, 6.45) is 4.83. The zero-order chi connectivity index (χ0) is 14.8. The first kappa shape index (κ1) is 17.3. The van der Waals surface area contributed by atoms with Gasteiger partial charge in [0.25, 0.3) is 0 Å². The first-order valence-corrected chi connectivity index (χ1v) is 8.19. The number of piperidine rings is 1. The highest BCUT2D eigenvalue weighted by Crippen LogP contribution is 2.20. The lowest BCUT2D eigenvalue weighted by molar-refractivity contribution is 0.192. The minimum absolute atomic E-state index is 0.768.